The average Bonchev–Trinajstić information content (AvgIpc) is 3.18. The lowest BCUT2D eigenvalue weighted by Gasteiger charge is -2.28. The van der Waals surface area contributed by atoms with Crippen LogP contribution in [-0.4, -0.2) is 33.2 Å². The maximum Gasteiger partial charge on any atom is 0.228 e. The van der Waals surface area contributed by atoms with Gasteiger partial charge in [-0.15, -0.1) is 22.7 Å². The van der Waals surface area contributed by atoms with Crippen LogP contribution in [0.25, 0.3) is 0 Å². The second-order valence-electron chi connectivity index (χ2n) is 7.30. The molecule has 1 N–H and O–H groups in total. The number of hydrogen-bond donors (Lipinski definition) is 1. The fourth-order valence-electron chi connectivity index (χ4n) is 3.28. The van der Waals surface area contributed by atoms with Crippen molar-refractivity contribution in [3.63, 3.8) is 0 Å². The van der Waals surface area contributed by atoms with Crippen molar-refractivity contribution in [2.75, 3.05) is 6.54 Å². The van der Waals surface area contributed by atoms with Crippen LogP contribution in [0.15, 0.2) is 0 Å². The number of fused-ring (bicyclic) bond motifs is 2. The predicted molar refractivity (Wildman–Crippen MR) is 101 cm³/mol. The molecule has 2 aromatic heterocycles. The molecule has 2 aliphatic rings. The SMILES string of the molecule is CC(C)c1nc2c(s1)CN(CC(C)c1nc3c(s1)CC(=O)NC3)C(=O)C2. The summed E-state index contributed by atoms with van der Waals surface area (Å²) >= 11 is 3.34. The van der Waals surface area contributed by atoms with Gasteiger partial charge in [-0.2, -0.15) is 0 Å². The van der Waals surface area contributed by atoms with Crippen LogP contribution in [0, 0.1) is 0 Å². The lowest BCUT2D eigenvalue weighted by atomic mass is 10.1. The van der Waals surface area contributed by atoms with Crippen molar-refractivity contribution < 1.29 is 9.59 Å². The molecule has 1 atom stereocenters. The molecule has 0 aromatic carbocycles. The quantitative estimate of drug-likeness (QED) is 0.871. The highest BCUT2D eigenvalue weighted by Gasteiger charge is 2.29. The van der Waals surface area contributed by atoms with Gasteiger partial charge < -0.3 is 10.2 Å². The van der Waals surface area contributed by atoms with Crippen LogP contribution in [-0.2, 0) is 35.5 Å². The Labute approximate surface area is 160 Å². The molecule has 4 rings (SSSR count). The van der Waals surface area contributed by atoms with E-state index >= 15 is 0 Å². The molecule has 0 saturated heterocycles. The topological polar surface area (TPSA) is 75.2 Å². The van der Waals surface area contributed by atoms with E-state index in [0.29, 0.717) is 38.4 Å². The Bertz CT molecular complexity index is 871. The molecule has 2 aliphatic heterocycles. The molecule has 0 saturated carbocycles. The predicted octanol–water partition coefficient (Wildman–Crippen LogP) is 2.58. The van der Waals surface area contributed by atoms with Gasteiger partial charge in [-0.1, -0.05) is 20.8 Å². The first-order chi connectivity index (χ1) is 12.4. The van der Waals surface area contributed by atoms with Crippen molar-refractivity contribution in [3.8, 4) is 0 Å². The third-order valence-corrected chi connectivity index (χ3v) is 7.49. The molecule has 138 valence electrons. The first kappa shape index (κ1) is 17.6. The molecule has 26 heavy (non-hydrogen) atoms. The molecular weight excluding hydrogens is 368 g/mol. The lowest BCUT2D eigenvalue weighted by molar-refractivity contribution is -0.132. The molecule has 8 heteroatoms. The smallest absolute Gasteiger partial charge is 0.228 e. The summed E-state index contributed by atoms with van der Waals surface area (Å²) in [7, 11) is 0. The van der Waals surface area contributed by atoms with Gasteiger partial charge in [-0.3, -0.25) is 9.59 Å². The van der Waals surface area contributed by atoms with E-state index in [4.69, 9.17) is 4.98 Å². The van der Waals surface area contributed by atoms with Gasteiger partial charge in [-0.05, 0) is 0 Å². The van der Waals surface area contributed by atoms with E-state index in [1.807, 2.05) is 4.90 Å². The highest BCUT2D eigenvalue weighted by atomic mass is 32.1. The van der Waals surface area contributed by atoms with E-state index in [0.717, 1.165) is 26.3 Å². The fraction of sp³-hybridized carbons (Fsp3) is 0.556. The molecule has 0 fully saturated rings. The molecule has 0 radical (unpaired) electrons. The van der Waals surface area contributed by atoms with Gasteiger partial charge in [0.25, 0.3) is 0 Å². The number of carbonyl (C=O) groups excluding carboxylic acids is 2. The highest BCUT2D eigenvalue weighted by Crippen LogP contribution is 2.32. The van der Waals surface area contributed by atoms with Crippen LogP contribution >= 0.6 is 22.7 Å². The van der Waals surface area contributed by atoms with E-state index in [9.17, 15) is 9.59 Å². The number of hydrogen-bond acceptors (Lipinski definition) is 6. The summed E-state index contributed by atoms with van der Waals surface area (Å²) in [6.07, 6.45) is 0.822. The second-order valence-corrected chi connectivity index (χ2v) is 9.53. The van der Waals surface area contributed by atoms with Crippen LogP contribution in [0.4, 0.5) is 0 Å². The van der Waals surface area contributed by atoms with Gasteiger partial charge in [0.15, 0.2) is 0 Å². The van der Waals surface area contributed by atoms with Crippen molar-refractivity contribution in [1.82, 2.24) is 20.2 Å². The van der Waals surface area contributed by atoms with E-state index in [1.54, 1.807) is 22.7 Å². The van der Waals surface area contributed by atoms with Crippen molar-refractivity contribution in [1.29, 1.82) is 0 Å². The molecule has 0 aliphatic carbocycles. The second kappa shape index (κ2) is 6.74. The summed E-state index contributed by atoms with van der Waals surface area (Å²) in [6.45, 7) is 8.19. The van der Waals surface area contributed by atoms with Crippen LogP contribution < -0.4 is 5.32 Å². The Morgan fingerprint density at radius 2 is 1.77 bits per heavy atom. The minimum atomic E-state index is 0.0604. The molecule has 6 nitrogen and oxygen atoms in total. The first-order valence-electron chi connectivity index (χ1n) is 8.92. The Kier molecular flexibility index (Phi) is 4.56. The van der Waals surface area contributed by atoms with Crippen molar-refractivity contribution in [2.45, 2.75) is 58.5 Å². The van der Waals surface area contributed by atoms with Gasteiger partial charge in [0.05, 0.1) is 47.3 Å². The molecule has 4 heterocycles. The number of thiazole rings is 2. The third kappa shape index (κ3) is 3.27. The van der Waals surface area contributed by atoms with Gasteiger partial charge in [0.2, 0.25) is 11.8 Å². The number of aromatic nitrogens is 2. The molecule has 1 unspecified atom stereocenters. The van der Waals surface area contributed by atoms with Crippen LogP contribution in [0.2, 0.25) is 0 Å². The third-order valence-electron chi connectivity index (χ3n) is 4.78. The summed E-state index contributed by atoms with van der Waals surface area (Å²) in [5, 5.41) is 4.96. The Morgan fingerprint density at radius 3 is 2.54 bits per heavy atom. The maximum atomic E-state index is 12.6. The fourth-order valence-corrected chi connectivity index (χ4v) is 5.51. The van der Waals surface area contributed by atoms with Gasteiger partial charge in [0.1, 0.15) is 0 Å². The molecule has 2 aromatic rings. The lowest BCUT2D eigenvalue weighted by Crippen LogP contribution is -2.38. The van der Waals surface area contributed by atoms with Gasteiger partial charge in [0, 0.05) is 28.1 Å². The number of nitrogens with one attached hydrogen (secondary N) is 1. The molecular formula is C18H22N4O2S2. The van der Waals surface area contributed by atoms with E-state index in [-0.39, 0.29) is 17.7 Å². The number of nitrogens with zero attached hydrogens (tertiary/aromatic N) is 3. The zero-order chi connectivity index (χ0) is 18.4. The normalized spacial score (nSPS) is 17.9. The standard InChI is InChI=1S/C18H22N4O2S2/c1-9(2)17-20-11-4-16(24)22(8-14(11)26-17)7-10(3)18-21-12-6-19-15(23)5-13(12)25-18/h9-10H,4-8H2,1-3H3,(H,19,23). The molecule has 0 spiro atoms. The largest absolute Gasteiger partial charge is 0.350 e. The number of carbonyl (C=O) groups is 2. The number of amides is 2. The van der Waals surface area contributed by atoms with Crippen LogP contribution in [0.1, 0.15) is 63.8 Å². The van der Waals surface area contributed by atoms with Crippen molar-refractivity contribution in [3.05, 3.63) is 31.2 Å². The van der Waals surface area contributed by atoms with E-state index < -0.39 is 0 Å². The molecule has 0 bridgehead atoms. The zero-order valence-corrected chi connectivity index (χ0v) is 16.8. The minimum Gasteiger partial charge on any atom is -0.350 e. The highest BCUT2D eigenvalue weighted by molar-refractivity contribution is 7.12. The maximum absolute atomic E-state index is 12.6. The summed E-state index contributed by atoms with van der Waals surface area (Å²) in [5.41, 5.74) is 1.94. The summed E-state index contributed by atoms with van der Waals surface area (Å²) in [4.78, 5) is 37.7. The zero-order valence-electron chi connectivity index (χ0n) is 15.2. The Morgan fingerprint density at radius 1 is 1.04 bits per heavy atom. The van der Waals surface area contributed by atoms with Crippen molar-refractivity contribution >= 4 is 34.5 Å². The Balaban J connectivity index is 1.48. The van der Waals surface area contributed by atoms with Crippen LogP contribution in [0.3, 0.4) is 0 Å². The van der Waals surface area contributed by atoms with E-state index in [1.165, 1.54) is 4.88 Å². The monoisotopic (exact) mass is 390 g/mol. The van der Waals surface area contributed by atoms with Gasteiger partial charge >= 0.3 is 0 Å². The number of rotatable bonds is 4. The van der Waals surface area contributed by atoms with Crippen LogP contribution in [0.5, 0.6) is 0 Å². The van der Waals surface area contributed by atoms with Gasteiger partial charge in [-0.25, -0.2) is 9.97 Å². The first-order valence-corrected chi connectivity index (χ1v) is 10.6. The molecule has 2 amide bonds. The van der Waals surface area contributed by atoms with Crippen molar-refractivity contribution in [2.24, 2.45) is 0 Å². The van der Waals surface area contributed by atoms with E-state index in [2.05, 4.69) is 31.1 Å². The summed E-state index contributed by atoms with van der Waals surface area (Å²) in [6, 6.07) is 0. The average molecular weight is 391 g/mol. The Hall–Kier alpha value is -1.80. The summed E-state index contributed by atoms with van der Waals surface area (Å²) < 4.78 is 0. The minimum absolute atomic E-state index is 0.0604. The summed E-state index contributed by atoms with van der Waals surface area (Å²) in [5.74, 6) is 0.753.